The van der Waals surface area contributed by atoms with Crippen LogP contribution in [-0.4, -0.2) is 20.4 Å². The van der Waals surface area contributed by atoms with Gasteiger partial charge >= 0.3 is 22.3 Å². The van der Waals surface area contributed by atoms with Gasteiger partial charge in [0.25, 0.3) is 0 Å². The van der Waals surface area contributed by atoms with Gasteiger partial charge in [0.15, 0.2) is 0 Å². The molecule has 0 unspecified atom stereocenters. The van der Waals surface area contributed by atoms with Gasteiger partial charge in [-0.1, -0.05) is 6.92 Å². The van der Waals surface area contributed by atoms with Gasteiger partial charge < -0.3 is 8.37 Å². The topological polar surface area (TPSA) is 86.7 Å². The van der Waals surface area contributed by atoms with E-state index in [0.717, 1.165) is 6.92 Å². The van der Waals surface area contributed by atoms with Gasteiger partial charge in [-0.25, -0.2) is 0 Å². The van der Waals surface area contributed by atoms with E-state index in [-0.39, 0.29) is 6.42 Å². The molecule has 0 aromatic rings. The SMILES string of the molecule is CCCC(=O)OS(=O)(=O)OC(C)=O. The van der Waals surface area contributed by atoms with Crippen molar-refractivity contribution in [2.45, 2.75) is 26.7 Å². The molecule has 0 aromatic heterocycles. The van der Waals surface area contributed by atoms with Crippen LogP contribution < -0.4 is 0 Å². The molecule has 0 atom stereocenters. The van der Waals surface area contributed by atoms with Crippen LogP contribution in [0.1, 0.15) is 26.7 Å². The molecule has 0 radical (unpaired) electrons. The first-order chi connectivity index (χ1) is 5.87. The van der Waals surface area contributed by atoms with Crippen LogP contribution in [0.3, 0.4) is 0 Å². The second-order valence-electron chi connectivity index (χ2n) is 2.19. The number of carbonyl (C=O) groups excluding carboxylic acids is 2. The Morgan fingerprint density at radius 2 is 1.77 bits per heavy atom. The van der Waals surface area contributed by atoms with Gasteiger partial charge in [0.05, 0.1) is 0 Å². The Kier molecular flexibility index (Phi) is 4.39. The Morgan fingerprint density at radius 3 is 2.15 bits per heavy atom. The minimum absolute atomic E-state index is 0.0412. The van der Waals surface area contributed by atoms with Crippen molar-refractivity contribution < 1.29 is 26.4 Å². The first kappa shape index (κ1) is 11.9. The van der Waals surface area contributed by atoms with Crippen LogP contribution in [0.2, 0.25) is 0 Å². The molecule has 0 amide bonds. The lowest BCUT2D eigenvalue weighted by atomic mass is 10.4. The second kappa shape index (κ2) is 4.80. The van der Waals surface area contributed by atoms with Crippen molar-refractivity contribution in [3.8, 4) is 0 Å². The summed E-state index contributed by atoms with van der Waals surface area (Å²) in [6.07, 6.45) is 0.412. The van der Waals surface area contributed by atoms with Crippen molar-refractivity contribution in [1.29, 1.82) is 0 Å². The van der Waals surface area contributed by atoms with Crippen LogP contribution in [-0.2, 0) is 28.4 Å². The van der Waals surface area contributed by atoms with Crippen LogP contribution in [0.15, 0.2) is 0 Å². The van der Waals surface area contributed by atoms with Crippen LogP contribution in [0, 0.1) is 0 Å². The highest BCUT2D eigenvalue weighted by atomic mass is 32.3. The molecule has 0 saturated heterocycles. The molecule has 13 heavy (non-hydrogen) atoms. The van der Waals surface area contributed by atoms with Gasteiger partial charge in [0, 0.05) is 13.3 Å². The van der Waals surface area contributed by atoms with E-state index in [9.17, 15) is 18.0 Å². The predicted octanol–water partition coefficient (Wildman–Crippen LogP) is 0.138. The lowest BCUT2D eigenvalue weighted by Crippen LogP contribution is -2.17. The fraction of sp³-hybridized carbons (Fsp3) is 0.667. The Hall–Kier alpha value is -1.11. The highest BCUT2D eigenvalue weighted by Gasteiger charge is 2.19. The molecule has 0 aliphatic heterocycles. The van der Waals surface area contributed by atoms with Crippen molar-refractivity contribution in [3.05, 3.63) is 0 Å². The summed E-state index contributed by atoms with van der Waals surface area (Å²) in [4.78, 5) is 20.9. The molecule has 0 aromatic carbocycles. The van der Waals surface area contributed by atoms with Gasteiger partial charge in [-0.3, -0.25) is 9.59 Å². The third-order valence-electron chi connectivity index (χ3n) is 0.869. The van der Waals surface area contributed by atoms with Gasteiger partial charge in [-0.15, -0.1) is 8.42 Å². The highest BCUT2D eigenvalue weighted by Crippen LogP contribution is 2.00. The summed E-state index contributed by atoms with van der Waals surface area (Å²) < 4.78 is 28.9. The van der Waals surface area contributed by atoms with Gasteiger partial charge in [0.1, 0.15) is 0 Å². The summed E-state index contributed by atoms with van der Waals surface area (Å²) in [5.41, 5.74) is 0. The second-order valence-corrected chi connectivity index (χ2v) is 3.34. The zero-order chi connectivity index (χ0) is 10.5. The number of carbonyl (C=O) groups is 2. The van der Waals surface area contributed by atoms with E-state index >= 15 is 0 Å². The quantitative estimate of drug-likeness (QED) is 0.655. The molecule has 0 fully saturated rings. The van der Waals surface area contributed by atoms with Crippen molar-refractivity contribution in [2.24, 2.45) is 0 Å². The number of rotatable bonds is 4. The highest BCUT2D eigenvalue weighted by molar-refractivity contribution is 7.82. The van der Waals surface area contributed by atoms with E-state index in [1.54, 1.807) is 6.92 Å². The molecule has 76 valence electrons. The molecule has 0 spiro atoms. The number of hydrogen-bond donors (Lipinski definition) is 0. The zero-order valence-electron chi connectivity index (χ0n) is 7.27. The smallest absolute Gasteiger partial charge is 0.316 e. The van der Waals surface area contributed by atoms with E-state index in [4.69, 9.17) is 0 Å². The maximum Gasteiger partial charge on any atom is 0.506 e. The molecule has 7 heteroatoms. The Morgan fingerprint density at radius 1 is 1.23 bits per heavy atom. The first-order valence-corrected chi connectivity index (χ1v) is 4.88. The van der Waals surface area contributed by atoms with E-state index in [0.29, 0.717) is 6.42 Å². The normalized spacial score (nSPS) is 10.6. The van der Waals surface area contributed by atoms with Crippen LogP contribution in [0.5, 0.6) is 0 Å². The monoisotopic (exact) mass is 210 g/mol. The fourth-order valence-electron chi connectivity index (χ4n) is 0.520. The van der Waals surface area contributed by atoms with E-state index in [1.165, 1.54) is 0 Å². The molecule has 0 heterocycles. The molecule has 0 N–H and O–H groups in total. The van der Waals surface area contributed by atoms with E-state index < -0.39 is 22.3 Å². The summed E-state index contributed by atoms with van der Waals surface area (Å²) in [6.45, 7) is 2.57. The fourth-order valence-corrected chi connectivity index (χ4v) is 1.15. The molecule has 0 aliphatic carbocycles. The minimum Gasteiger partial charge on any atom is -0.316 e. The first-order valence-electron chi connectivity index (χ1n) is 3.54. The molecule has 0 aliphatic rings. The summed E-state index contributed by atoms with van der Waals surface area (Å²) in [7, 11) is -4.50. The van der Waals surface area contributed by atoms with Crippen molar-refractivity contribution in [2.75, 3.05) is 0 Å². The Balaban J connectivity index is 4.18. The number of hydrogen-bond acceptors (Lipinski definition) is 6. The van der Waals surface area contributed by atoms with Crippen molar-refractivity contribution in [1.82, 2.24) is 0 Å². The molecule has 6 nitrogen and oxygen atoms in total. The predicted molar refractivity (Wildman–Crippen MR) is 41.7 cm³/mol. The van der Waals surface area contributed by atoms with Crippen molar-refractivity contribution in [3.63, 3.8) is 0 Å². The maximum atomic E-state index is 10.6. The Bertz CT molecular complexity index is 290. The lowest BCUT2D eigenvalue weighted by Gasteiger charge is -2.02. The lowest BCUT2D eigenvalue weighted by molar-refractivity contribution is -0.136. The van der Waals surface area contributed by atoms with E-state index in [1.807, 2.05) is 0 Å². The van der Waals surface area contributed by atoms with Crippen LogP contribution in [0.4, 0.5) is 0 Å². The molecule has 0 saturated carbocycles. The summed E-state index contributed by atoms with van der Waals surface area (Å²) in [6, 6.07) is 0. The van der Waals surface area contributed by atoms with Crippen LogP contribution in [0.25, 0.3) is 0 Å². The largest absolute Gasteiger partial charge is 0.506 e. The molecular weight excluding hydrogens is 200 g/mol. The summed E-state index contributed by atoms with van der Waals surface area (Å²) in [5, 5.41) is 0. The van der Waals surface area contributed by atoms with Gasteiger partial charge in [0.2, 0.25) is 0 Å². The van der Waals surface area contributed by atoms with Gasteiger partial charge in [-0.05, 0) is 6.42 Å². The molecular formula is C6H10O6S. The molecule has 0 bridgehead atoms. The average Bonchev–Trinajstić information content (AvgIpc) is 1.81. The summed E-state index contributed by atoms with van der Waals surface area (Å²) in [5.74, 6) is -1.99. The molecule has 0 rings (SSSR count). The maximum absolute atomic E-state index is 10.6. The Labute approximate surface area is 76.2 Å². The van der Waals surface area contributed by atoms with Gasteiger partial charge in [-0.2, -0.15) is 0 Å². The summed E-state index contributed by atoms with van der Waals surface area (Å²) >= 11 is 0. The average molecular weight is 210 g/mol. The van der Waals surface area contributed by atoms with E-state index in [2.05, 4.69) is 8.37 Å². The van der Waals surface area contributed by atoms with Crippen LogP contribution >= 0.6 is 0 Å². The zero-order valence-corrected chi connectivity index (χ0v) is 8.09. The third kappa shape index (κ3) is 6.09. The van der Waals surface area contributed by atoms with Crippen molar-refractivity contribution >= 4 is 22.3 Å². The minimum atomic E-state index is -4.50. The standard InChI is InChI=1S/C6H10O6S/c1-3-4-6(8)12-13(9,10)11-5(2)7/h3-4H2,1-2H3. The third-order valence-corrected chi connectivity index (χ3v) is 1.70.